The number of carboxylic acids is 1. The Hall–Kier alpha value is 0.0500. The van der Waals surface area contributed by atoms with Crippen LogP contribution in [0.4, 0.5) is 0 Å². The van der Waals surface area contributed by atoms with E-state index in [2.05, 4.69) is 6.92 Å². The van der Waals surface area contributed by atoms with Crippen molar-refractivity contribution in [2.24, 2.45) is 0 Å². The first kappa shape index (κ1) is 24.3. The Morgan fingerprint density at radius 2 is 1.32 bits per heavy atom. The molecule has 0 aromatic heterocycles. The normalized spacial score (nSPS) is 12.5. The monoisotopic (exact) mass is 346 g/mol. The number of Topliss-reactive ketones (excluding diaryl/α,β-unsaturated/α-hetero) is 1. The second-order valence-electron chi connectivity index (χ2n) is 5.28. The van der Waals surface area contributed by atoms with Crippen LogP contribution in [0.1, 0.15) is 71.1 Å². The van der Waals surface area contributed by atoms with Gasteiger partial charge in [-0.05, 0) is 6.42 Å². The van der Waals surface area contributed by atoms with Gasteiger partial charge in [-0.2, -0.15) is 8.42 Å². The molecule has 0 heterocycles. The molecule has 0 saturated heterocycles. The van der Waals surface area contributed by atoms with E-state index in [1.807, 2.05) is 0 Å². The number of unbranched alkanes of at least 4 members (excludes halogenated alkanes) is 8. The van der Waals surface area contributed by atoms with Crippen molar-refractivity contribution in [3.63, 3.8) is 0 Å². The molecule has 1 unspecified atom stereocenters. The van der Waals surface area contributed by atoms with E-state index < -0.39 is 27.1 Å². The molecule has 0 aliphatic carbocycles. The third-order valence-electron chi connectivity index (χ3n) is 3.34. The molecule has 2 N–H and O–H groups in total. The minimum absolute atomic E-state index is 0. The first-order valence-corrected chi connectivity index (χ1v) is 9.02. The van der Waals surface area contributed by atoms with Crippen molar-refractivity contribution < 1.29 is 27.7 Å². The molecule has 0 aromatic rings. The van der Waals surface area contributed by atoms with Crippen molar-refractivity contribution in [2.75, 3.05) is 0 Å². The van der Waals surface area contributed by atoms with Crippen LogP contribution in [0, 0.1) is 0 Å². The van der Waals surface area contributed by atoms with E-state index in [0.29, 0.717) is 6.42 Å². The molecular weight excluding hydrogens is 319 g/mol. The van der Waals surface area contributed by atoms with Crippen molar-refractivity contribution >= 4 is 51.4 Å². The molecule has 0 spiro atoms. The fourth-order valence-electron chi connectivity index (χ4n) is 2.17. The van der Waals surface area contributed by atoms with Crippen LogP contribution in [0.2, 0.25) is 0 Å². The second-order valence-corrected chi connectivity index (χ2v) is 6.78. The quantitative estimate of drug-likeness (QED) is 0.229. The number of hydrogen-bond donors (Lipinski definition) is 2. The Morgan fingerprint density at radius 1 is 0.909 bits per heavy atom. The summed E-state index contributed by atoms with van der Waals surface area (Å²) in [7, 11) is -4.87. The van der Waals surface area contributed by atoms with Gasteiger partial charge in [0.15, 0.2) is 5.78 Å². The van der Waals surface area contributed by atoms with Crippen molar-refractivity contribution in [3.8, 4) is 0 Å². The zero-order valence-electron chi connectivity index (χ0n) is 12.6. The van der Waals surface area contributed by atoms with Gasteiger partial charge in [-0.1, -0.05) is 58.3 Å². The third kappa shape index (κ3) is 11.6. The molecule has 0 aliphatic heterocycles. The van der Waals surface area contributed by atoms with Crippen LogP contribution in [0.15, 0.2) is 0 Å². The topological polar surface area (TPSA) is 109 Å². The summed E-state index contributed by atoms with van der Waals surface area (Å²) in [4.78, 5) is 22.2. The van der Waals surface area contributed by atoms with Gasteiger partial charge in [0.25, 0.3) is 10.1 Å². The number of ketones is 1. The summed E-state index contributed by atoms with van der Waals surface area (Å²) in [6, 6.07) is 0. The van der Waals surface area contributed by atoms with Gasteiger partial charge in [0, 0.05) is 6.42 Å². The second kappa shape index (κ2) is 13.5. The standard InChI is InChI=1S/C14H26O6S.Na.H/c1-2-3-4-5-6-7-8-9-10-11-12(15)13(14(16)17)21(18,19)20;;/h13H,2-11H2,1H3,(H,16,17)(H,18,19,20);;. The molecule has 8 heteroatoms. The molecule has 0 saturated carbocycles. The average Bonchev–Trinajstić information content (AvgIpc) is 2.34. The maximum atomic E-state index is 11.5. The zero-order chi connectivity index (χ0) is 16.3. The van der Waals surface area contributed by atoms with E-state index in [-0.39, 0.29) is 36.0 Å². The predicted octanol–water partition coefficient (Wildman–Crippen LogP) is 2.17. The molecule has 0 aromatic carbocycles. The molecular formula is C14H27NaO6S. The van der Waals surface area contributed by atoms with Crippen molar-refractivity contribution in [1.82, 2.24) is 0 Å². The first-order valence-electron chi connectivity index (χ1n) is 7.52. The number of carboxylic acid groups (broad SMARTS) is 1. The zero-order valence-corrected chi connectivity index (χ0v) is 13.4. The SMILES string of the molecule is CCCCCCCCCCCC(=O)C(C(=O)O)S(=O)(=O)O.[NaH]. The summed E-state index contributed by atoms with van der Waals surface area (Å²) in [5.74, 6) is -2.77. The minimum atomic E-state index is -4.87. The molecule has 126 valence electrons. The van der Waals surface area contributed by atoms with Gasteiger partial charge < -0.3 is 5.11 Å². The summed E-state index contributed by atoms with van der Waals surface area (Å²) in [5, 5.41) is 6.32. The number of carbonyl (C=O) groups is 2. The van der Waals surface area contributed by atoms with Gasteiger partial charge in [0.1, 0.15) is 0 Å². The number of carbonyl (C=O) groups excluding carboxylic acids is 1. The summed E-state index contributed by atoms with van der Waals surface area (Å²) in [6.45, 7) is 2.16. The first-order chi connectivity index (χ1) is 9.80. The van der Waals surface area contributed by atoms with E-state index in [4.69, 9.17) is 9.66 Å². The molecule has 0 bridgehead atoms. The molecule has 0 aliphatic rings. The van der Waals surface area contributed by atoms with Gasteiger partial charge in [-0.3, -0.25) is 14.1 Å². The number of aliphatic carboxylic acids is 1. The van der Waals surface area contributed by atoms with Gasteiger partial charge >= 0.3 is 35.5 Å². The van der Waals surface area contributed by atoms with Gasteiger partial charge in [0.05, 0.1) is 0 Å². The van der Waals surface area contributed by atoms with E-state index in [0.717, 1.165) is 25.7 Å². The summed E-state index contributed by atoms with van der Waals surface area (Å²) >= 11 is 0. The number of hydrogen-bond acceptors (Lipinski definition) is 4. The average molecular weight is 346 g/mol. The van der Waals surface area contributed by atoms with Gasteiger partial charge in [-0.25, -0.2) is 0 Å². The van der Waals surface area contributed by atoms with Crippen molar-refractivity contribution in [2.45, 2.75) is 76.4 Å². The van der Waals surface area contributed by atoms with Crippen LogP contribution in [-0.4, -0.2) is 64.6 Å². The molecule has 0 fully saturated rings. The van der Waals surface area contributed by atoms with Crippen LogP contribution >= 0.6 is 0 Å². The van der Waals surface area contributed by atoms with E-state index >= 15 is 0 Å². The van der Waals surface area contributed by atoms with Gasteiger partial charge in [-0.15, -0.1) is 0 Å². The Kier molecular flexibility index (Phi) is 14.9. The summed E-state index contributed by atoms with van der Waals surface area (Å²) in [6.07, 6.45) is 9.15. The molecule has 0 rings (SSSR count). The Labute approximate surface area is 155 Å². The van der Waals surface area contributed by atoms with E-state index in [1.165, 1.54) is 25.7 Å². The number of rotatable bonds is 13. The third-order valence-corrected chi connectivity index (χ3v) is 4.40. The fourth-order valence-corrected chi connectivity index (χ4v) is 2.88. The van der Waals surface area contributed by atoms with Crippen molar-refractivity contribution in [1.29, 1.82) is 0 Å². The van der Waals surface area contributed by atoms with Crippen LogP contribution in [0.3, 0.4) is 0 Å². The van der Waals surface area contributed by atoms with Crippen LogP contribution in [-0.2, 0) is 19.7 Å². The molecule has 1 atom stereocenters. The van der Waals surface area contributed by atoms with Crippen LogP contribution < -0.4 is 0 Å². The molecule has 6 nitrogen and oxygen atoms in total. The predicted molar refractivity (Wildman–Crippen MR) is 87.0 cm³/mol. The van der Waals surface area contributed by atoms with E-state index in [9.17, 15) is 18.0 Å². The summed E-state index contributed by atoms with van der Waals surface area (Å²) < 4.78 is 30.4. The van der Waals surface area contributed by atoms with E-state index in [1.54, 1.807) is 0 Å². The fraction of sp³-hybridized carbons (Fsp3) is 0.857. The molecule has 0 amide bonds. The Morgan fingerprint density at radius 3 is 1.68 bits per heavy atom. The van der Waals surface area contributed by atoms with Gasteiger partial charge in [0.2, 0.25) is 5.25 Å². The Balaban J connectivity index is 0. The maximum absolute atomic E-state index is 11.5. The molecule has 0 radical (unpaired) electrons. The Bertz CT molecular complexity index is 421. The summed E-state index contributed by atoms with van der Waals surface area (Å²) in [5.41, 5.74) is 0. The molecule has 22 heavy (non-hydrogen) atoms. The van der Waals surface area contributed by atoms with Crippen LogP contribution in [0.5, 0.6) is 0 Å². The van der Waals surface area contributed by atoms with Crippen molar-refractivity contribution in [3.05, 3.63) is 0 Å². The van der Waals surface area contributed by atoms with Crippen LogP contribution in [0.25, 0.3) is 0 Å².